The monoisotopic (exact) mass is 361 g/mol. The summed E-state index contributed by atoms with van der Waals surface area (Å²) in [7, 11) is 0. The third kappa shape index (κ3) is 4.49. The molecule has 0 saturated carbocycles. The lowest BCUT2D eigenvalue weighted by Gasteiger charge is -2.11. The lowest BCUT2D eigenvalue weighted by atomic mass is 10.1. The van der Waals surface area contributed by atoms with Crippen LogP contribution in [0.25, 0.3) is 0 Å². The third-order valence-corrected chi connectivity index (χ3v) is 4.47. The lowest BCUT2D eigenvalue weighted by molar-refractivity contribution is -0.115. The van der Waals surface area contributed by atoms with Crippen molar-refractivity contribution in [1.29, 1.82) is 0 Å². The van der Waals surface area contributed by atoms with E-state index in [0.717, 1.165) is 10.6 Å². The number of rotatable bonds is 6. The summed E-state index contributed by atoms with van der Waals surface area (Å²) in [4.78, 5) is 20.7. The van der Waals surface area contributed by atoms with E-state index >= 15 is 0 Å². The molecule has 0 atom stereocenters. The first-order valence-corrected chi connectivity index (χ1v) is 8.89. The van der Waals surface area contributed by atoms with E-state index in [2.05, 4.69) is 15.3 Å². The zero-order valence-corrected chi connectivity index (χ0v) is 14.4. The molecular formula is C17H16ClN3O2S. The van der Waals surface area contributed by atoms with Crippen molar-refractivity contribution in [3.63, 3.8) is 0 Å². The number of ether oxygens (including phenoxy) is 1. The minimum absolute atomic E-state index is 0.0828. The maximum atomic E-state index is 12.2. The summed E-state index contributed by atoms with van der Waals surface area (Å²) in [5.41, 5.74) is 1.37. The average molecular weight is 362 g/mol. The summed E-state index contributed by atoms with van der Waals surface area (Å²) < 4.78 is 5.48. The minimum atomic E-state index is -0.0828. The van der Waals surface area contributed by atoms with Crippen LogP contribution < -0.4 is 5.32 Å². The molecule has 2 aromatic rings. The van der Waals surface area contributed by atoms with Gasteiger partial charge in [-0.3, -0.25) is 4.79 Å². The van der Waals surface area contributed by atoms with Crippen LogP contribution in [0.4, 0.5) is 5.69 Å². The van der Waals surface area contributed by atoms with E-state index in [1.54, 1.807) is 30.1 Å². The number of halogens is 1. The SMILES string of the molecule is O=C(CCSc1ccccn1)Nc1cc(Cl)ccc1C1=NCCO1. The molecule has 0 unspecified atom stereocenters. The highest BCUT2D eigenvalue weighted by Crippen LogP contribution is 2.24. The van der Waals surface area contributed by atoms with Crippen LogP contribution >= 0.6 is 23.4 Å². The van der Waals surface area contributed by atoms with Crippen molar-refractivity contribution in [1.82, 2.24) is 4.98 Å². The molecule has 1 amide bonds. The topological polar surface area (TPSA) is 63.6 Å². The predicted molar refractivity (Wildman–Crippen MR) is 97.0 cm³/mol. The van der Waals surface area contributed by atoms with Gasteiger partial charge in [-0.1, -0.05) is 17.7 Å². The molecule has 24 heavy (non-hydrogen) atoms. The van der Waals surface area contributed by atoms with Crippen molar-refractivity contribution in [2.24, 2.45) is 4.99 Å². The number of hydrogen-bond acceptors (Lipinski definition) is 5. The fourth-order valence-electron chi connectivity index (χ4n) is 2.20. The van der Waals surface area contributed by atoms with Crippen LogP contribution in [-0.4, -0.2) is 35.7 Å². The highest BCUT2D eigenvalue weighted by Gasteiger charge is 2.16. The number of hydrogen-bond donors (Lipinski definition) is 1. The Morgan fingerprint density at radius 1 is 1.33 bits per heavy atom. The standard InChI is InChI=1S/C17H16ClN3O2S/c18-12-4-5-13(17-20-8-9-23-17)14(11-12)21-15(22)6-10-24-16-3-1-2-7-19-16/h1-5,7,11H,6,8-10H2,(H,21,22). The van der Waals surface area contributed by atoms with Crippen LogP contribution in [0.3, 0.4) is 0 Å². The van der Waals surface area contributed by atoms with Gasteiger partial charge in [0.15, 0.2) is 0 Å². The van der Waals surface area contributed by atoms with Gasteiger partial charge in [0.25, 0.3) is 0 Å². The number of pyridine rings is 1. The number of carbonyl (C=O) groups excluding carboxylic acids is 1. The molecule has 1 N–H and O–H groups in total. The molecule has 1 aliphatic rings. The van der Waals surface area contributed by atoms with E-state index in [1.807, 2.05) is 24.3 Å². The van der Waals surface area contributed by atoms with Crippen LogP contribution in [0, 0.1) is 0 Å². The number of nitrogens with one attached hydrogen (secondary N) is 1. The molecule has 3 rings (SSSR count). The molecule has 0 saturated heterocycles. The second kappa shape index (κ2) is 8.17. The molecule has 0 radical (unpaired) electrons. The van der Waals surface area contributed by atoms with Crippen molar-refractivity contribution in [3.8, 4) is 0 Å². The second-order valence-corrected chi connectivity index (χ2v) is 6.59. The van der Waals surface area contributed by atoms with Crippen LogP contribution in [0.5, 0.6) is 0 Å². The number of aliphatic imine (C=N–C) groups is 1. The highest BCUT2D eigenvalue weighted by atomic mass is 35.5. The summed E-state index contributed by atoms with van der Waals surface area (Å²) in [6.07, 6.45) is 2.11. The van der Waals surface area contributed by atoms with Gasteiger partial charge in [-0.25, -0.2) is 9.98 Å². The summed E-state index contributed by atoms with van der Waals surface area (Å²) in [5, 5.41) is 4.35. The van der Waals surface area contributed by atoms with Gasteiger partial charge in [0, 0.05) is 23.4 Å². The Labute approximate surface area is 149 Å². The second-order valence-electron chi connectivity index (χ2n) is 5.04. The van der Waals surface area contributed by atoms with Crippen LogP contribution in [0.1, 0.15) is 12.0 Å². The highest BCUT2D eigenvalue weighted by molar-refractivity contribution is 7.99. The lowest BCUT2D eigenvalue weighted by Crippen LogP contribution is -2.15. The normalized spacial score (nSPS) is 13.3. The summed E-state index contributed by atoms with van der Waals surface area (Å²) >= 11 is 7.59. The Kier molecular flexibility index (Phi) is 5.72. The number of anilines is 1. The number of aromatic nitrogens is 1. The Bertz CT molecular complexity index is 753. The van der Waals surface area contributed by atoms with E-state index in [1.165, 1.54) is 0 Å². The first-order valence-electron chi connectivity index (χ1n) is 7.53. The fourth-order valence-corrected chi connectivity index (χ4v) is 3.18. The van der Waals surface area contributed by atoms with Gasteiger partial charge >= 0.3 is 0 Å². The van der Waals surface area contributed by atoms with Gasteiger partial charge in [0.1, 0.15) is 6.61 Å². The van der Waals surface area contributed by atoms with Crippen LogP contribution in [-0.2, 0) is 9.53 Å². The number of carbonyl (C=O) groups is 1. The Morgan fingerprint density at radius 2 is 2.25 bits per heavy atom. The quantitative estimate of drug-likeness (QED) is 0.798. The molecular weight excluding hydrogens is 346 g/mol. The first-order chi connectivity index (χ1) is 11.7. The third-order valence-electron chi connectivity index (χ3n) is 3.29. The van der Waals surface area contributed by atoms with Crippen molar-refractivity contribution in [2.45, 2.75) is 11.4 Å². The van der Waals surface area contributed by atoms with Crippen molar-refractivity contribution in [3.05, 3.63) is 53.2 Å². The molecule has 0 bridgehead atoms. The van der Waals surface area contributed by atoms with E-state index in [-0.39, 0.29) is 5.91 Å². The Balaban J connectivity index is 1.60. The zero-order valence-electron chi connectivity index (χ0n) is 12.9. The van der Waals surface area contributed by atoms with Crippen LogP contribution in [0.15, 0.2) is 52.6 Å². The summed E-state index contributed by atoms with van der Waals surface area (Å²) in [5.74, 6) is 1.11. The molecule has 7 heteroatoms. The van der Waals surface area contributed by atoms with E-state index < -0.39 is 0 Å². The molecule has 0 spiro atoms. The minimum Gasteiger partial charge on any atom is -0.475 e. The molecule has 5 nitrogen and oxygen atoms in total. The van der Waals surface area contributed by atoms with Gasteiger partial charge in [-0.2, -0.15) is 0 Å². The number of thioether (sulfide) groups is 1. The molecule has 0 aliphatic carbocycles. The van der Waals surface area contributed by atoms with E-state index in [0.29, 0.717) is 41.9 Å². The van der Waals surface area contributed by atoms with Gasteiger partial charge < -0.3 is 10.1 Å². The number of amides is 1. The molecule has 1 aliphatic heterocycles. The Morgan fingerprint density at radius 3 is 3.00 bits per heavy atom. The molecule has 0 fully saturated rings. The van der Waals surface area contributed by atoms with Crippen molar-refractivity contribution >= 4 is 40.9 Å². The molecule has 1 aromatic heterocycles. The molecule has 1 aromatic carbocycles. The van der Waals surface area contributed by atoms with Gasteiger partial charge in [-0.05, 0) is 30.3 Å². The zero-order chi connectivity index (χ0) is 16.8. The maximum Gasteiger partial charge on any atom is 0.225 e. The average Bonchev–Trinajstić information content (AvgIpc) is 3.10. The summed E-state index contributed by atoms with van der Waals surface area (Å²) in [6.45, 7) is 1.19. The van der Waals surface area contributed by atoms with Crippen LogP contribution in [0.2, 0.25) is 5.02 Å². The summed E-state index contributed by atoms with van der Waals surface area (Å²) in [6, 6.07) is 11.0. The predicted octanol–water partition coefficient (Wildman–Crippen LogP) is 3.63. The van der Waals surface area contributed by atoms with Gasteiger partial charge in [0.05, 0.1) is 22.8 Å². The van der Waals surface area contributed by atoms with Crippen molar-refractivity contribution < 1.29 is 9.53 Å². The maximum absolute atomic E-state index is 12.2. The largest absolute Gasteiger partial charge is 0.475 e. The Hall–Kier alpha value is -2.05. The molecule has 124 valence electrons. The van der Waals surface area contributed by atoms with Gasteiger partial charge in [0.2, 0.25) is 11.8 Å². The fraction of sp³-hybridized carbons (Fsp3) is 0.235. The first kappa shape index (κ1) is 16.8. The number of benzene rings is 1. The van der Waals surface area contributed by atoms with Crippen molar-refractivity contribution in [2.75, 3.05) is 24.2 Å². The smallest absolute Gasteiger partial charge is 0.225 e. The number of nitrogens with zero attached hydrogens (tertiary/aromatic N) is 2. The van der Waals surface area contributed by atoms with Gasteiger partial charge in [-0.15, -0.1) is 11.8 Å². The van der Waals surface area contributed by atoms with E-state index in [4.69, 9.17) is 16.3 Å². The molecule has 2 heterocycles. The van der Waals surface area contributed by atoms with E-state index in [9.17, 15) is 4.79 Å².